The molecule has 0 aromatic carbocycles. The molecule has 0 radical (unpaired) electrons. The molecule has 0 fully saturated rings. The van der Waals surface area contributed by atoms with Gasteiger partial charge >= 0.3 is 0 Å². The average Bonchev–Trinajstić information content (AvgIpc) is 1.90. The summed E-state index contributed by atoms with van der Waals surface area (Å²) in [6.45, 7) is 0. The molecule has 0 saturated heterocycles. The molecule has 56 valence electrons. The number of nitrogens with zero attached hydrogens (tertiary/aromatic N) is 2. The summed E-state index contributed by atoms with van der Waals surface area (Å²) in [4.78, 5) is 3.88. The SMILES string of the molecule is CN(N)c1cccnc1.Cl. The number of rotatable bonds is 1. The van der Waals surface area contributed by atoms with Crippen molar-refractivity contribution in [3.8, 4) is 0 Å². The van der Waals surface area contributed by atoms with Gasteiger partial charge in [-0.15, -0.1) is 12.4 Å². The van der Waals surface area contributed by atoms with Crippen LogP contribution >= 0.6 is 12.4 Å². The van der Waals surface area contributed by atoms with E-state index in [9.17, 15) is 0 Å². The number of anilines is 1. The molecule has 10 heavy (non-hydrogen) atoms. The van der Waals surface area contributed by atoms with Crippen molar-refractivity contribution in [1.29, 1.82) is 0 Å². The highest BCUT2D eigenvalue weighted by molar-refractivity contribution is 5.85. The summed E-state index contributed by atoms with van der Waals surface area (Å²) in [5.74, 6) is 5.41. The molecular formula is C6H10ClN3. The Morgan fingerprint density at radius 2 is 2.30 bits per heavy atom. The van der Waals surface area contributed by atoms with Crippen molar-refractivity contribution in [3.05, 3.63) is 24.5 Å². The van der Waals surface area contributed by atoms with E-state index in [0.717, 1.165) is 5.69 Å². The second kappa shape index (κ2) is 4.09. The van der Waals surface area contributed by atoms with Gasteiger partial charge in [-0.25, -0.2) is 5.84 Å². The fraction of sp³-hybridized carbons (Fsp3) is 0.167. The molecule has 4 heteroatoms. The first-order valence-electron chi connectivity index (χ1n) is 2.69. The van der Waals surface area contributed by atoms with Gasteiger partial charge in [-0.2, -0.15) is 0 Å². The summed E-state index contributed by atoms with van der Waals surface area (Å²) < 4.78 is 0. The minimum atomic E-state index is 0. The second-order valence-electron chi connectivity index (χ2n) is 1.82. The van der Waals surface area contributed by atoms with Crippen LogP contribution in [-0.2, 0) is 0 Å². The minimum absolute atomic E-state index is 0. The quantitative estimate of drug-likeness (QED) is 0.487. The number of hydrogen-bond donors (Lipinski definition) is 1. The highest BCUT2D eigenvalue weighted by atomic mass is 35.5. The molecule has 0 aliphatic carbocycles. The predicted molar refractivity (Wildman–Crippen MR) is 44.1 cm³/mol. The summed E-state index contributed by atoms with van der Waals surface area (Å²) in [6, 6.07) is 3.74. The largest absolute Gasteiger partial charge is 0.313 e. The first-order valence-corrected chi connectivity index (χ1v) is 2.69. The van der Waals surface area contributed by atoms with E-state index in [1.54, 1.807) is 19.4 Å². The number of aromatic nitrogens is 1. The maximum atomic E-state index is 5.41. The van der Waals surface area contributed by atoms with Gasteiger partial charge in [0, 0.05) is 13.2 Å². The molecule has 0 saturated carbocycles. The van der Waals surface area contributed by atoms with E-state index >= 15 is 0 Å². The Bertz CT molecular complexity index is 176. The molecule has 1 aromatic rings. The van der Waals surface area contributed by atoms with Crippen molar-refractivity contribution in [2.45, 2.75) is 0 Å². The van der Waals surface area contributed by atoms with E-state index in [-0.39, 0.29) is 12.4 Å². The molecule has 1 rings (SSSR count). The van der Waals surface area contributed by atoms with Crippen LogP contribution in [0.3, 0.4) is 0 Å². The molecule has 0 atom stereocenters. The highest BCUT2D eigenvalue weighted by Crippen LogP contribution is 2.03. The summed E-state index contributed by atoms with van der Waals surface area (Å²) in [6.07, 6.45) is 3.42. The van der Waals surface area contributed by atoms with Crippen molar-refractivity contribution in [2.75, 3.05) is 12.1 Å². The molecule has 0 bridgehead atoms. The molecule has 2 N–H and O–H groups in total. The van der Waals surface area contributed by atoms with Crippen LogP contribution in [0.5, 0.6) is 0 Å². The van der Waals surface area contributed by atoms with Crippen molar-refractivity contribution < 1.29 is 0 Å². The third-order valence-corrected chi connectivity index (χ3v) is 1.05. The van der Waals surface area contributed by atoms with Crippen LogP contribution in [0.2, 0.25) is 0 Å². The zero-order valence-electron chi connectivity index (χ0n) is 5.69. The van der Waals surface area contributed by atoms with Gasteiger partial charge in [0.2, 0.25) is 0 Å². The van der Waals surface area contributed by atoms with Gasteiger partial charge in [0.1, 0.15) is 0 Å². The summed E-state index contributed by atoms with van der Waals surface area (Å²) in [5.41, 5.74) is 0.914. The van der Waals surface area contributed by atoms with Gasteiger partial charge in [0.05, 0.1) is 11.9 Å². The molecule has 1 aromatic heterocycles. The maximum Gasteiger partial charge on any atom is 0.0697 e. The first kappa shape index (κ1) is 9.20. The molecule has 0 unspecified atom stereocenters. The average molecular weight is 160 g/mol. The van der Waals surface area contributed by atoms with Crippen LogP contribution in [0.15, 0.2) is 24.5 Å². The van der Waals surface area contributed by atoms with E-state index in [4.69, 9.17) is 5.84 Å². The Kier molecular flexibility index (Phi) is 3.76. The fourth-order valence-electron chi connectivity index (χ4n) is 0.562. The van der Waals surface area contributed by atoms with Crippen LogP contribution in [-0.4, -0.2) is 12.0 Å². The lowest BCUT2D eigenvalue weighted by atomic mass is 10.4. The van der Waals surface area contributed by atoms with Crippen LogP contribution in [0.25, 0.3) is 0 Å². The minimum Gasteiger partial charge on any atom is -0.313 e. The lowest BCUT2D eigenvalue weighted by molar-refractivity contribution is 1.01. The second-order valence-corrected chi connectivity index (χ2v) is 1.82. The van der Waals surface area contributed by atoms with E-state index in [0.29, 0.717) is 0 Å². The van der Waals surface area contributed by atoms with Crippen LogP contribution in [0, 0.1) is 0 Å². The number of pyridine rings is 1. The Hall–Kier alpha value is -0.800. The number of hydrazine groups is 1. The van der Waals surface area contributed by atoms with E-state index in [2.05, 4.69) is 4.98 Å². The van der Waals surface area contributed by atoms with Crippen molar-refractivity contribution >= 4 is 18.1 Å². The Morgan fingerprint density at radius 1 is 1.60 bits per heavy atom. The lowest BCUT2D eigenvalue weighted by Gasteiger charge is -2.09. The standard InChI is InChI=1S/C6H9N3.ClH/c1-9(7)6-3-2-4-8-5-6;/h2-5H,7H2,1H3;1H. The number of hydrogen-bond acceptors (Lipinski definition) is 3. The predicted octanol–water partition coefficient (Wildman–Crippen LogP) is 0.813. The molecule has 3 nitrogen and oxygen atoms in total. The lowest BCUT2D eigenvalue weighted by Crippen LogP contribution is -2.24. The van der Waals surface area contributed by atoms with Crippen LogP contribution in [0.4, 0.5) is 5.69 Å². The summed E-state index contributed by atoms with van der Waals surface area (Å²) in [5, 5.41) is 1.52. The number of halogens is 1. The Morgan fingerprint density at radius 3 is 2.60 bits per heavy atom. The fourth-order valence-corrected chi connectivity index (χ4v) is 0.562. The van der Waals surface area contributed by atoms with E-state index in [1.165, 1.54) is 5.01 Å². The van der Waals surface area contributed by atoms with Crippen molar-refractivity contribution in [2.24, 2.45) is 5.84 Å². The normalized spacial score (nSPS) is 8.20. The van der Waals surface area contributed by atoms with E-state index < -0.39 is 0 Å². The number of nitrogens with two attached hydrogens (primary N) is 1. The van der Waals surface area contributed by atoms with Gasteiger partial charge < -0.3 is 5.01 Å². The zero-order valence-corrected chi connectivity index (χ0v) is 6.51. The smallest absolute Gasteiger partial charge is 0.0697 e. The topological polar surface area (TPSA) is 42.1 Å². The maximum absolute atomic E-state index is 5.41. The van der Waals surface area contributed by atoms with Gasteiger partial charge in [0.25, 0.3) is 0 Å². The monoisotopic (exact) mass is 159 g/mol. The Labute approximate surface area is 66.2 Å². The van der Waals surface area contributed by atoms with Crippen LogP contribution < -0.4 is 10.9 Å². The van der Waals surface area contributed by atoms with Gasteiger partial charge in [0.15, 0.2) is 0 Å². The van der Waals surface area contributed by atoms with Gasteiger partial charge in [-0.05, 0) is 12.1 Å². The first-order chi connectivity index (χ1) is 4.30. The molecule has 0 aliphatic rings. The van der Waals surface area contributed by atoms with Crippen LogP contribution in [0.1, 0.15) is 0 Å². The zero-order chi connectivity index (χ0) is 6.69. The summed E-state index contributed by atoms with van der Waals surface area (Å²) >= 11 is 0. The Balaban J connectivity index is 0.000000810. The molecule has 0 amide bonds. The molecular weight excluding hydrogens is 150 g/mol. The van der Waals surface area contributed by atoms with Crippen molar-refractivity contribution in [3.63, 3.8) is 0 Å². The molecule has 0 spiro atoms. The molecule has 0 aliphatic heterocycles. The third-order valence-electron chi connectivity index (χ3n) is 1.05. The third kappa shape index (κ3) is 2.21. The molecule has 1 heterocycles. The van der Waals surface area contributed by atoms with Crippen molar-refractivity contribution in [1.82, 2.24) is 4.98 Å². The highest BCUT2D eigenvalue weighted by Gasteiger charge is 1.89. The van der Waals surface area contributed by atoms with Gasteiger partial charge in [-0.3, -0.25) is 4.98 Å². The summed E-state index contributed by atoms with van der Waals surface area (Å²) in [7, 11) is 1.77. The van der Waals surface area contributed by atoms with E-state index in [1.807, 2.05) is 12.1 Å². The van der Waals surface area contributed by atoms with Gasteiger partial charge in [-0.1, -0.05) is 0 Å².